The standard InChI is InChI=1S/C14H19N5OS/c1-10-6-9-21-12(10)5-7-15-14(20)11-4-2-3-8-19-13(11)16-17-18-19/h6,9,11H,2-5,7-8H2,1H3,(H,15,20)/t11-/m0/s1. The van der Waals surface area contributed by atoms with E-state index in [1.165, 1.54) is 10.4 Å². The first kappa shape index (κ1) is 14.2. The van der Waals surface area contributed by atoms with E-state index in [4.69, 9.17) is 0 Å². The average Bonchev–Trinajstić information content (AvgIpc) is 3.04. The molecular formula is C14H19N5OS. The molecule has 0 saturated heterocycles. The van der Waals surface area contributed by atoms with E-state index in [1.54, 1.807) is 16.0 Å². The van der Waals surface area contributed by atoms with Gasteiger partial charge in [0, 0.05) is 18.0 Å². The first-order valence-electron chi connectivity index (χ1n) is 7.32. The second-order valence-corrected chi connectivity index (χ2v) is 6.38. The van der Waals surface area contributed by atoms with E-state index >= 15 is 0 Å². The molecule has 1 amide bonds. The second kappa shape index (κ2) is 6.34. The van der Waals surface area contributed by atoms with Gasteiger partial charge in [-0.05, 0) is 53.6 Å². The van der Waals surface area contributed by atoms with E-state index in [2.05, 4.69) is 39.2 Å². The Bertz CT molecular complexity index is 620. The number of carbonyl (C=O) groups is 1. The van der Waals surface area contributed by atoms with Gasteiger partial charge < -0.3 is 5.32 Å². The number of tetrazole rings is 1. The van der Waals surface area contributed by atoms with E-state index in [9.17, 15) is 4.79 Å². The summed E-state index contributed by atoms with van der Waals surface area (Å²) in [5, 5.41) is 16.8. The fraction of sp³-hybridized carbons (Fsp3) is 0.571. The zero-order valence-corrected chi connectivity index (χ0v) is 12.9. The summed E-state index contributed by atoms with van der Waals surface area (Å²) < 4.78 is 1.76. The minimum atomic E-state index is -0.216. The van der Waals surface area contributed by atoms with Gasteiger partial charge >= 0.3 is 0 Å². The van der Waals surface area contributed by atoms with Crippen LogP contribution in [0.15, 0.2) is 11.4 Å². The van der Waals surface area contributed by atoms with Crippen molar-refractivity contribution in [2.75, 3.05) is 6.54 Å². The molecule has 1 atom stereocenters. The highest BCUT2D eigenvalue weighted by Gasteiger charge is 2.28. The number of aromatic nitrogens is 4. The Morgan fingerprint density at radius 2 is 2.43 bits per heavy atom. The summed E-state index contributed by atoms with van der Waals surface area (Å²) >= 11 is 1.74. The number of hydrogen-bond acceptors (Lipinski definition) is 5. The summed E-state index contributed by atoms with van der Waals surface area (Å²) in [5.41, 5.74) is 1.30. The van der Waals surface area contributed by atoms with E-state index < -0.39 is 0 Å². The third-order valence-electron chi connectivity index (χ3n) is 3.92. The van der Waals surface area contributed by atoms with Crippen LogP contribution in [0.1, 0.15) is 41.4 Å². The maximum absolute atomic E-state index is 12.4. The van der Waals surface area contributed by atoms with E-state index in [0.717, 1.165) is 32.2 Å². The second-order valence-electron chi connectivity index (χ2n) is 5.38. The van der Waals surface area contributed by atoms with Crippen LogP contribution in [-0.4, -0.2) is 32.7 Å². The van der Waals surface area contributed by atoms with E-state index in [1.807, 2.05) is 0 Å². The van der Waals surface area contributed by atoms with Crippen LogP contribution in [0.3, 0.4) is 0 Å². The molecule has 0 aromatic carbocycles. The summed E-state index contributed by atoms with van der Waals surface area (Å²) in [6, 6.07) is 2.11. The number of rotatable bonds is 4. The van der Waals surface area contributed by atoms with Crippen molar-refractivity contribution >= 4 is 17.2 Å². The summed E-state index contributed by atoms with van der Waals surface area (Å²) in [4.78, 5) is 13.7. The van der Waals surface area contributed by atoms with E-state index in [-0.39, 0.29) is 11.8 Å². The van der Waals surface area contributed by atoms with Crippen LogP contribution < -0.4 is 5.32 Å². The van der Waals surface area contributed by atoms with Gasteiger partial charge in [-0.3, -0.25) is 4.79 Å². The lowest BCUT2D eigenvalue weighted by atomic mass is 10.0. The SMILES string of the molecule is Cc1ccsc1CCNC(=O)[C@H]1CCCCn2nnnc21. The van der Waals surface area contributed by atoms with Gasteiger partial charge in [0.1, 0.15) is 0 Å². The number of hydrogen-bond donors (Lipinski definition) is 1. The Morgan fingerprint density at radius 3 is 3.24 bits per heavy atom. The zero-order chi connectivity index (χ0) is 14.7. The van der Waals surface area contributed by atoms with Crippen molar-refractivity contribution in [3.63, 3.8) is 0 Å². The lowest BCUT2D eigenvalue weighted by Crippen LogP contribution is -2.32. The molecule has 112 valence electrons. The molecule has 0 radical (unpaired) electrons. The Kier molecular flexibility index (Phi) is 4.28. The maximum Gasteiger partial charge on any atom is 0.230 e. The molecule has 2 aromatic rings. The molecule has 0 aliphatic carbocycles. The highest BCUT2D eigenvalue weighted by Crippen LogP contribution is 2.24. The van der Waals surface area contributed by atoms with Gasteiger partial charge in [-0.1, -0.05) is 6.42 Å². The Morgan fingerprint density at radius 1 is 1.52 bits per heavy atom. The molecule has 21 heavy (non-hydrogen) atoms. The number of carbonyl (C=O) groups excluding carboxylic acids is 1. The predicted molar refractivity (Wildman–Crippen MR) is 80.2 cm³/mol. The molecule has 1 aliphatic heterocycles. The normalized spacial score (nSPS) is 18.0. The number of aryl methyl sites for hydroxylation is 2. The van der Waals surface area contributed by atoms with Crippen molar-refractivity contribution in [3.8, 4) is 0 Å². The van der Waals surface area contributed by atoms with Crippen molar-refractivity contribution in [2.24, 2.45) is 0 Å². The summed E-state index contributed by atoms with van der Waals surface area (Å²) in [6.07, 6.45) is 3.75. The van der Waals surface area contributed by atoms with Crippen LogP contribution in [0, 0.1) is 6.92 Å². The fourth-order valence-electron chi connectivity index (χ4n) is 2.69. The number of nitrogens with one attached hydrogen (secondary N) is 1. The molecule has 1 aliphatic rings. The molecule has 6 nitrogen and oxygen atoms in total. The quantitative estimate of drug-likeness (QED) is 0.932. The maximum atomic E-state index is 12.4. The molecule has 0 saturated carbocycles. The largest absolute Gasteiger partial charge is 0.355 e. The molecule has 1 N–H and O–H groups in total. The van der Waals surface area contributed by atoms with Crippen molar-refractivity contribution < 1.29 is 4.79 Å². The minimum Gasteiger partial charge on any atom is -0.355 e. The molecular weight excluding hydrogens is 286 g/mol. The van der Waals surface area contributed by atoms with E-state index in [0.29, 0.717) is 12.4 Å². The predicted octanol–water partition coefficient (Wildman–Crippen LogP) is 1.67. The van der Waals surface area contributed by atoms with Crippen LogP contribution in [0.4, 0.5) is 0 Å². The number of thiophene rings is 1. The van der Waals surface area contributed by atoms with Crippen LogP contribution >= 0.6 is 11.3 Å². The molecule has 3 heterocycles. The lowest BCUT2D eigenvalue weighted by Gasteiger charge is -2.13. The van der Waals surface area contributed by atoms with Crippen molar-refractivity contribution in [1.29, 1.82) is 0 Å². The molecule has 0 fully saturated rings. The van der Waals surface area contributed by atoms with Gasteiger partial charge in [0.05, 0.1) is 5.92 Å². The Balaban J connectivity index is 1.59. The topological polar surface area (TPSA) is 72.7 Å². The lowest BCUT2D eigenvalue weighted by molar-refractivity contribution is -0.122. The molecule has 0 spiro atoms. The molecule has 0 bridgehead atoms. The zero-order valence-electron chi connectivity index (χ0n) is 12.1. The Hall–Kier alpha value is -1.76. The number of fused-ring (bicyclic) bond motifs is 1. The van der Waals surface area contributed by atoms with Crippen molar-refractivity contribution in [1.82, 2.24) is 25.5 Å². The van der Waals surface area contributed by atoms with Gasteiger partial charge in [-0.25, -0.2) is 4.68 Å². The summed E-state index contributed by atoms with van der Waals surface area (Å²) in [7, 11) is 0. The first-order chi connectivity index (χ1) is 10.3. The molecule has 0 unspecified atom stereocenters. The first-order valence-corrected chi connectivity index (χ1v) is 8.20. The van der Waals surface area contributed by atoms with Crippen LogP contribution in [0.2, 0.25) is 0 Å². The molecule has 2 aromatic heterocycles. The van der Waals surface area contributed by atoms with Gasteiger partial charge in [-0.15, -0.1) is 16.4 Å². The Labute approximate surface area is 127 Å². The van der Waals surface area contributed by atoms with Crippen molar-refractivity contribution in [3.05, 3.63) is 27.7 Å². The smallest absolute Gasteiger partial charge is 0.230 e. The van der Waals surface area contributed by atoms with Gasteiger partial charge in [0.25, 0.3) is 0 Å². The van der Waals surface area contributed by atoms with Crippen LogP contribution in [0.25, 0.3) is 0 Å². The van der Waals surface area contributed by atoms with Gasteiger partial charge in [0.2, 0.25) is 5.91 Å². The highest BCUT2D eigenvalue weighted by molar-refractivity contribution is 7.10. The fourth-order valence-corrected chi connectivity index (χ4v) is 3.60. The monoisotopic (exact) mass is 305 g/mol. The number of amides is 1. The van der Waals surface area contributed by atoms with Crippen LogP contribution in [-0.2, 0) is 17.8 Å². The molecule has 7 heteroatoms. The number of nitrogens with zero attached hydrogens (tertiary/aromatic N) is 4. The van der Waals surface area contributed by atoms with Crippen molar-refractivity contribution in [2.45, 2.75) is 45.1 Å². The summed E-state index contributed by atoms with van der Waals surface area (Å²) in [6.45, 7) is 3.58. The minimum absolute atomic E-state index is 0.0437. The van der Waals surface area contributed by atoms with Crippen LogP contribution in [0.5, 0.6) is 0 Å². The van der Waals surface area contributed by atoms with Gasteiger partial charge in [0.15, 0.2) is 5.82 Å². The summed E-state index contributed by atoms with van der Waals surface area (Å²) in [5.74, 6) is 0.534. The average molecular weight is 305 g/mol. The third-order valence-corrected chi connectivity index (χ3v) is 5.00. The third kappa shape index (κ3) is 3.12. The highest BCUT2D eigenvalue weighted by atomic mass is 32.1. The molecule has 3 rings (SSSR count). The van der Waals surface area contributed by atoms with Gasteiger partial charge in [-0.2, -0.15) is 0 Å².